The van der Waals surface area contributed by atoms with Crippen LogP contribution >= 0.6 is 0 Å². The number of carbonyl (C=O) groups is 2. The molecule has 0 amide bonds. The minimum absolute atomic E-state index is 0.0655. The molecule has 1 aliphatic rings. The molecule has 5 heteroatoms. The van der Waals surface area contributed by atoms with E-state index < -0.39 is 18.0 Å². The van der Waals surface area contributed by atoms with Crippen molar-refractivity contribution in [2.45, 2.75) is 25.3 Å². The Morgan fingerprint density at radius 2 is 2.08 bits per heavy atom. The molecule has 1 aliphatic heterocycles. The Hall–Kier alpha value is -1.10. The lowest BCUT2D eigenvalue weighted by atomic mass is 9.88. The van der Waals surface area contributed by atoms with Gasteiger partial charge in [0.1, 0.15) is 6.04 Å². The molecule has 0 saturated carbocycles. The zero-order chi connectivity index (χ0) is 9.84. The van der Waals surface area contributed by atoms with Crippen molar-refractivity contribution < 1.29 is 19.8 Å². The summed E-state index contributed by atoms with van der Waals surface area (Å²) in [4.78, 5) is 21.1. The van der Waals surface area contributed by atoms with Crippen LogP contribution in [0.15, 0.2) is 0 Å². The highest BCUT2D eigenvalue weighted by Gasteiger charge is 2.31. The smallest absolute Gasteiger partial charge is 0.320 e. The Bertz CT molecular complexity index is 216. The number of carboxylic acids is 2. The SMILES string of the molecule is O=C(O)C[C@H]1CCCN[C@@H]1C(=O)O. The summed E-state index contributed by atoms with van der Waals surface area (Å²) < 4.78 is 0. The molecule has 0 unspecified atom stereocenters. The molecule has 1 saturated heterocycles. The molecule has 13 heavy (non-hydrogen) atoms. The Morgan fingerprint density at radius 1 is 1.38 bits per heavy atom. The van der Waals surface area contributed by atoms with Crippen molar-refractivity contribution >= 4 is 11.9 Å². The van der Waals surface area contributed by atoms with Crippen LogP contribution in [0.4, 0.5) is 0 Å². The van der Waals surface area contributed by atoms with Gasteiger partial charge in [-0.2, -0.15) is 0 Å². The highest BCUT2D eigenvalue weighted by Crippen LogP contribution is 2.20. The molecule has 0 bridgehead atoms. The number of nitrogens with one attached hydrogen (secondary N) is 1. The fraction of sp³-hybridized carbons (Fsp3) is 0.750. The summed E-state index contributed by atoms with van der Waals surface area (Å²) in [5.74, 6) is -2.16. The normalized spacial score (nSPS) is 28.3. The highest BCUT2D eigenvalue weighted by atomic mass is 16.4. The topological polar surface area (TPSA) is 86.6 Å². The summed E-state index contributed by atoms with van der Waals surface area (Å²) >= 11 is 0. The van der Waals surface area contributed by atoms with E-state index in [-0.39, 0.29) is 12.3 Å². The van der Waals surface area contributed by atoms with E-state index in [0.29, 0.717) is 13.0 Å². The summed E-state index contributed by atoms with van der Waals surface area (Å²) in [5, 5.41) is 20.1. The van der Waals surface area contributed by atoms with Crippen LogP contribution in [0.25, 0.3) is 0 Å². The van der Waals surface area contributed by atoms with Crippen LogP contribution in [-0.4, -0.2) is 34.7 Å². The monoisotopic (exact) mass is 187 g/mol. The third-order valence-corrected chi connectivity index (χ3v) is 2.29. The number of piperidine rings is 1. The predicted octanol–water partition coefficient (Wildman–Crippen LogP) is -0.0861. The van der Waals surface area contributed by atoms with Gasteiger partial charge < -0.3 is 15.5 Å². The maximum Gasteiger partial charge on any atom is 0.320 e. The molecule has 3 N–H and O–H groups in total. The van der Waals surface area contributed by atoms with E-state index in [1.807, 2.05) is 0 Å². The largest absolute Gasteiger partial charge is 0.481 e. The molecule has 2 atom stereocenters. The van der Waals surface area contributed by atoms with Gasteiger partial charge >= 0.3 is 11.9 Å². The van der Waals surface area contributed by atoms with E-state index in [1.54, 1.807) is 0 Å². The standard InChI is InChI=1S/C8H13NO4/c10-6(11)4-5-2-1-3-9-7(5)8(12)13/h5,7,9H,1-4H2,(H,10,11)(H,12,13)/t5-,7+/m1/s1. The van der Waals surface area contributed by atoms with Crippen LogP contribution < -0.4 is 5.32 Å². The first-order valence-electron chi connectivity index (χ1n) is 4.29. The Labute approximate surface area is 75.7 Å². The van der Waals surface area contributed by atoms with Crippen LogP contribution in [0, 0.1) is 5.92 Å². The number of carboxylic acid groups (broad SMARTS) is 2. The second-order valence-corrected chi connectivity index (χ2v) is 3.27. The van der Waals surface area contributed by atoms with E-state index in [4.69, 9.17) is 10.2 Å². The van der Waals surface area contributed by atoms with E-state index in [2.05, 4.69) is 5.32 Å². The van der Waals surface area contributed by atoms with Gasteiger partial charge in [-0.25, -0.2) is 0 Å². The van der Waals surface area contributed by atoms with Crippen LogP contribution in [0.5, 0.6) is 0 Å². The quantitative estimate of drug-likeness (QED) is 0.575. The van der Waals surface area contributed by atoms with Crippen molar-refractivity contribution in [2.75, 3.05) is 6.54 Å². The van der Waals surface area contributed by atoms with Crippen LogP contribution in [0.3, 0.4) is 0 Å². The summed E-state index contributed by atoms with van der Waals surface area (Å²) in [5.41, 5.74) is 0. The average Bonchev–Trinajstić information content (AvgIpc) is 2.03. The summed E-state index contributed by atoms with van der Waals surface area (Å²) in [6.07, 6.45) is 1.46. The van der Waals surface area contributed by atoms with Crippen molar-refractivity contribution in [3.05, 3.63) is 0 Å². The number of aliphatic carboxylic acids is 2. The van der Waals surface area contributed by atoms with Gasteiger partial charge in [0.25, 0.3) is 0 Å². The first kappa shape index (κ1) is 9.98. The van der Waals surface area contributed by atoms with Gasteiger partial charge in [-0.1, -0.05) is 0 Å². The lowest BCUT2D eigenvalue weighted by Crippen LogP contribution is -2.47. The Morgan fingerprint density at radius 3 is 2.62 bits per heavy atom. The van der Waals surface area contributed by atoms with E-state index >= 15 is 0 Å². The number of hydrogen-bond acceptors (Lipinski definition) is 3. The third-order valence-electron chi connectivity index (χ3n) is 2.29. The minimum atomic E-state index is -0.953. The van der Waals surface area contributed by atoms with E-state index in [1.165, 1.54) is 0 Å². The highest BCUT2D eigenvalue weighted by molar-refractivity contribution is 5.76. The van der Waals surface area contributed by atoms with Crippen LogP contribution in [-0.2, 0) is 9.59 Å². The zero-order valence-corrected chi connectivity index (χ0v) is 7.19. The molecule has 5 nitrogen and oxygen atoms in total. The van der Waals surface area contributed by atoms with Gasteiger partial charge in [0, 0.05) is 0 Å². The molecule has 0 radical (unpaired) electrons. The average molecular weight is 187 g/mol. The molecular weight excluding hydrogens is 174 g/mol. The minimum Gasteiger partial charge on any atom is -0.481 e. The van der Waals surface area contributed by atoms with Crippen molar-refractivity contribution in [3.63, 3.8) is 0 Å². The molecule has 0 spiro atoms. The molecule has 1 heterocycles. The lowest BCUT2D eigenvalue weighted by Gasteiger charge is -2.28. The second-order valence-electron chi connectivity index (χ2n) is 3.27. The number of hydrogen-bond donors (Lipinski definition) is 3. The molecular formula is C8H13NO4. The Balaban J connectivity index is 2.56. The number of rotatable bonds is 3. The summed E-state index contributed by atoms with van der Waals surface area (Å²) in [7, 11) is 0. The lowest BCUT2D eigenvalue weighted by molar-refractivity contribution is -0.143. The van der Waals surface area contributed by atoms with Gasteiger partial charge in [0.15, 0.2) is 0 Å². The second kappa shape index (κ2) is 4.23. The van der Waals surface area contributed by atoms with Gasteiger partial charge in [0.2, 0.25) is 0 Å². The molecule has 0 aromatic rings. The predicted molar refractivity (Wildman–Crippen MR) is 44.4 cm³/mol. The molecule has 0 aromatic carbocycles. The molecule has 74 valence electrons. The van der Waals surface area contributed by atoms with E-state index in [9.17, 15) is 9.59 Å². The molecule has 1 rings (SSSR count). The fourth-order valence-electron chi connectivity index (χ4n) is 1.69. The van der Waals surface area contributed by atoms with Crippen LogP contribution in [0.2, 0.25) is 0 Å². The van der Waals surface area contributed by atoms with Gasteiger partial charge in [-0.15, -0.1) is 0 Å². The van der Waals surface area contributed by atoms with Gasteiger partial charge in [-0.05, 0) is 25.3 Å². The van der Waals surface area contributed by atoms with Crippen molar-refractivity contribution in [1.29, 1.82) is 0 Å². The third kappa shape index (κ3) is 2.69. The van der Waals surface area contributed by atoms with Gasteiger partial charge in [0.05, 0.1) is 6.42 Å². The van der Waals surface area contributed by atoms with Crippen molar-refractivity contribution in [3.8, 4) is 0 Å². The maximum atomic E-state index is 10.7. The maximum absolute atomic E-state index is 10.7. The first-order chi connectivity index (χ1) is 6.11. The summed E-state index contributed by atoms with van der Waals surface area (Å²) in [6.45, 7) is 0.660. The fourth-order valence-corrected chi connectivity index (χ4v) is 1.69. The van der Waals surface area contributed by atoms with E-state index in [0.717, 1.165) is 6.42 Å². The van der Waals surface area contributed by atoms with Crippen molar-refractivity contribution in [2.24, 2.45) is 5.92 Å². The molecule has 0 aromatic heterocycles. The first-order valence-corrected chi connectivity index (χ1v) is 4.29. The Kier molecular flexibility index (Phi) is 3.25. The van der Waals surface area contributed by atoms with Gasteiger partial charge in [-0.3, -0.25) is 9.59 Å². The van der Waals surface area contributed by atoms with Crippen LogP contribution in [0.1, 0.15) is 19.3 Å². The van der Waals surface area contributed by atoms with Crippen molar-refractivity contribution in [1.82, 2.24) is 5.32 Å². The zero-order valence-electron chi connectivity index (χ0n) is 7.19. The molecule has 0 aliphatic carbocycles. The molecule has 1 fully saturated rings. The summed E-state index contributed by atoms with van der Waals surface area (Å²) in [6, 6.07) is -0.690.